The van der Waals surface area contributed by atoms with Gasteiger partial charge in [0.25, 0.3) is 0 Å². The minimum Gasteiger partial charge on any atom is -0.493 e. The van der Waals surface area contributed by atoms with Crippen LogP contribution in [0.5, 0.6) is 11.5 Å². The van der Waals surface area contributed by atoms with Gasteiger partial charge in [-0.15, -0.1) is 0 Å². The van der Waals surface area contributed by atoms with Crippen molar-refractivity contribution in [2.45, 2.75) is 20.1 Å². The molecule has 0 radical (unpaired) electrons. The molecule has 0 spiro atoms. The van der Waals surface area contributed by atoms with E-state index in [0.29, 0.717) is 44.4 Å². The van der Waals surface area contributed by atoms with Crippen LogP contribution in [-0.2, 0) is 17.9 Å². The summed E-state index contributed by atoms with van der Waals surface area (Å²) in [6.45, 7) is 4.92. The number of aliphatic hydroxyl groups is 1. The van der Waals surface area contributed by atoms with E-state index >= 15 is 0 Å². The predicted octanol–water partition coefficient (Wildman–Crippen LogP) is 3.44. The Labute approximate surface area is 163 Å². The van der Waals surface area contributed by atoms with Gasteiger partial charge in [0.05, 0.1) is 26.9 Å². The van der Waals surface area contributed by atoms with Gasteiger partial charge in [0.1, 0.15) is 6.61 Å². The Hall–Kier alpha value is -1.60. The average Bonchev–Trinajstić information content (AvgIpc) is 2.65. The van der Waals surface area contributed by atoms with Crippen molar-refractivity contribution >= 4 is 15.9 Å². The van der Waals surface area contributed by atoms with Crippen LogP contribution in [0.25, 0.3) is 0 Å². The number of halogens is 1. The fourth-order valence-corrected chi connectivity index (χ4v) is 2.83. The maximum Gasteiger partial charge on any atom is 0.162 e. The topological polar surface area (TPSA) is 60.0 Å². The van der Waals surface area contributed by atoms with Gasteiger partial charge in [-0.05, 0) is 30.2 Å². The van der Waals surface area contributed by atoms with Gasteiger partial charge in [-0.3, -0.25) is 0 Å². The van der Waals surface area contributed by atoms with E-state index in [1.54, 1.807) is 7.11 Å². The molecule has 2 N–H and O–H groups in total. The third kappa shape index (κ3) is 6.61. The SMILES string of the molecule is COc1cc(CNCCOCCO)c(Br)cc1OCc1ccc(C)cc1. The van der Waals surface area contributed by atoms with Gasteiger partial charge in [0.15, 0.2) is 11.5 Å². The van der Waals surface area contributed by atoms with Crippen LogP contribution >= 0.6 is 15.9 Å². The molecule has 0 saturated heterocycles. The summed E-state index contributed by atoms with van der Waals surface area (Å²) >= 11 is 3.60. The zero-order valence-corrected chi connectivity index (χ0v) is 16.8. The maximum absolute atomic E-state index is 8.67. The maximum atomic E-state index is 8.67. The zero-order chi connectivity index (χ0) is 18.8. The van der Waals surface area contributed by atoms with Crippen molar-refractivity contribution in [2.24, 2.45) is 0 Å². The lowest BCUT2D eigenvalue weighted by Gasteiger charge is -2.15. The van der Waals surface area contributed by atoms with Crippen molar-refractivity contribution in [2.75, 3.05) is 33.5 Å². The van der Waals surface area contributed by atoms with E-state index in [-0.39, 0.29) is 6.61 Å². The first kappa shape index (κ1) is 20.7. The molecule has 6 heteroatoms. The Morgan fingerprint density at radius 1 is 1.08 bits per heavy atom. The highest BCUT2D eigenvalue weighted by Crippen LogP contribution is 2.34. The molecule has 0 amide bonds. The Morgan fingerprint density at radius 2 is 1.85 bits per heavy atom. The molecule has 2 aromatic carbocycles. The van der Waals surface area contributed by atoms with Gasteiger partial charge in [-0.1, -0.05) is 45.8 Å². The van der Waals surface area contributed by atoms with Crippen LogP contribution in [0.3, 0.4) is 0 Å². The van der Waals surface area contributed by atoms with Gasteiger partial charge in [-0.2, -0.15) is 0 Å². The van der Waals surface area contributed by atoms with Crippen molar-refractivity contribution in [3.8, 4) is 11.5 Å². The molecule has 2 aromatic rings. The standard InChI is InChI=1S/C20H26BrNO4/c1-15-3-5-16(6-4-15)14-26-20-12-18(21)17(11-19(20)24-2)13-22-7-9-25-10-8-23/h3-6,11-12,22-23H,7-10,13-14H2,1-2H3. The molecule has 0 aliphatic rings. The Bertz CT molecular complexity index is 676. The molecule has 0 unspecified atom stereocenters. The number of hydrogen-bond donors (Lipinski definition) is 2. The van der Waals surface area contributed by atoms with E-state index in [1.807, 2.05) is 12.1 Å². The second-order valence-electron chi connectivity index (χ2n) is 5.88. The first-order valence-electron chi connectivity index (χ1n) is 8.58. The highest BCUT2D eigenvalue weighted by molar-refractivity contribution is 9.10. The second kappa shape index (κ2) is 11.2. The summed E-state index contributed by atoms with van der Waals surface area (Å²) in [5.41, 5.74) is 3.42. The average molecular weight is 424 g/mol. The minimum atomic E-state index is 0.0484. The van der Waals surface area contributed by atoms with Crippen LogP contribution in [0.15, 0.2) is 40.9 Å². The van der Waals surface area contributed by atoms with Crippen molar-refractivity contribution in [3.63, 3.8) is 0 Å². The predicted molar refractivity (Wildman–Crippen MR) is 106 cm³/mol. The monoisotopic (exact) mass is 423 g/mol. The molecule has 142 valence electrons. The van der Waals surface area contributed by atoms with E-state index in [4.69, 9.17) is 19.3 Å². The lowest BCUT2D eigenvalue weighted by atomic mass is 10.1. The number of ether oxygens (including phenoxy) is 3. The molecule has 0 aromatic heterocycles. The van der Waals surface area contributed by atoms with Crippen LogP contribution in [0.2, 0.25) is 0 Å². The first-order chi connectivity index (χ1) is 12.6. The lowest BCUT2D eigenvalue weighted by Crippen LogP contribution is -2.20. The summed E-state index contributed by atoms with van der Waals surface area (Å²) in [6, 6.07) is 12.2. The van der Waals surface area contributed by atoms with Crippen molar-refractivity contribution < 1.29 is 19.3 Å². The zero-order valence-electron chi connectivity index (χ0n) is 15.3. The number of hydrogen-bond acceptors (Lipinski definition) is 5. The fraction of sp³-hybridized carbons (Fsp3) is 0.400. The van der Waals surface area contributed by atoms with Crippen molar-refractivity contribution in [1.29, 1.82) is 0 Å². The van der Waals surface area contributed by atoms with Crippen LogP contribution < -0.4 is 14.8 Å². The summed E-state index contributed by atoms with van der Waals surface area (Å²) in [6.07, 6.45) is 0. The van der Waals surface area contributed by atoms with Crippen molar-refractivity contribution in [1.82, 2.24) is 5.32 Å². The summed E-state index contributed by atoms with van der Waals surface area (Å²) < 4.78 is 17.6. The van der Waals surface area contributed by atoms with E-state index < -0.39 is 0 Å². The van der Waals surface area contributed by atoms with E-state index in [9.17, 15) is 0 Å². The first-order valence-corrected chi connectivity index (χ1v) is 9.37. The molecule has 0 atom stereocenters. The summed E-state index contributed by atoms with van der Waals surface area (Å²) in [7, 11) is 1.64. The number of aryl methyl sites for hydroxylation is 1. The molecule has 5 nitrogen and oxygen atoms in total. The number of methoxy groups -OCH3 is 1. The molecule has 0 heterocycles. The largest absolute Gasteiger partial charge is 0.493 e. The normalized spacial score (nSPS) is 10.8. The molecular weight excluding hydrogens is 398 g/mol. The van der Waals surface area contributed by atoms with Crippen LogP contribution in [-0.4, -0.2) is 38.6 Å². The van der Waals surface area contributed by atoms with Gasteiger partial charge >= 0.3 is 0 Å². The van der Waals surface area contributed by atoms with Gasteiger partial charge in [-0.25, -0.2) is 0 Å². The molecule has 0 bridgehead atoms. The quantitative estimate of drug-likeness (QED) is 0.542. The second-order valence-corrected chi connectivity index (χ2v) is 6.74. The number of aliphatic hydroxyl groups excluding tert-OH is 1. The van der Waals surface area contributed by atoms with Crippen LogP contribution in [0, 0.1) is 6.92 Å². The summed E-state index contributed by atoms with van der Waals surface area (Å²) in [5.74, 6) is 1.41. The number of rotatable bonds is 11. The highest BCUT2D eigenvalue weighted by Gasteiger charge is 2.10. The van der Waals surface area contributed by atoms with Crippen LogP contribution in [0.1, 0.15) is 16.7 Å². The molecule has 0 saturated carbocycles. The fourth-order valence-electron chi connectivity index (χ4n) is 2.36. The third-order valence-electron chi connectivity index (χ3n) is 3.82. The number of benzene rings is 2. The minimum absolute atomic E-state index is 0.0484. The van der Waals surface area contributed by atoms with Crippen molar-refractivity contribution in [3.05, 3.63) is 57.6 Å². The molecule has 0 aliphatic carbocycles. The summed E-state index contributed by atoms with van der Waals surface area (Å²) in [4.78, 5) is 0. The molecule has 0 fully saturated rings. The summed E-state index contributed by atoms with van der Waals surface area (Å²) in [5, 5.41) is 12.0. The van der Waals surface area contributed by atoms with Gasteiger partial charge < -0.3 is 24.6 Å². The van der Waals surface area contributed by atoms with Crippen LogP contribution in [0.4, 0.5) is 0 Å². The van der Waals surface area contributed by atoms with E-state index in [0.717, 1.165) is 15.6 Å². The third-order valence-corrected chi connectivity index (χ3v) is 4.56. The van der Waals surface area contributed by atoms with E-state index in [1.165, 1.54) is 5.56 Å². The molecule has 26 heavy (non-hydrogen) atoms. The van der Waals surface area contributed by atoms with Gasteiger partial charge in [0, 0.05) is 17.6 Å². The molecular formula is C20H26BrNO4. The molecule has 2 rings (SSSR count). The number of nitrogens with one attached hydrogen (secondary N) is 1. The smallest absolute Gasteiger partial charge is 0.162 e. The molecule has 0 aliphatic heterocycles. The Kier molecular flexibility index (Phi) is 8.91. The highest BCUT2D eigenvalue weighted by atomic mass is 79.9. The van der Waals surface area contributed by atoms with Gasteiger partial charge in [0.2, 0.25) is 0 Å². The Balaban J connectivity index is 1.93. The van der Waals surface area contributed by atoms with E-state index in [2.05, 4.69) is 52.4 Å². The Morgan fingerprint density at radius 3 is 2.54 bits per heavy atom. The lowest BCUT2D eigenvalue weighted by molar-refractivity contribution is 0.0938.